The van der Waals surface area contributed by atoms with Crippen molar-refractivity contribution in [2.45, 2.75) is 14.8 Å². The zero-order valence-electron chi connectivity index (χ0n) is 10.2. The summed E-state index contributed by atoms with van der Waals surface area (Å²) in [6, 6.07) is 10.4. The minimum Gasteiger partial charge on any atom is -0.398 e. The van der Waals surface area contributed by atoms with Crippen LogP contribution >= 0.6 is 11.8 Å². The molecule has 5 nitrogen and oxygen atoms in total. The summed E-state index contributed by atoms with van der Waals surface area (Å²) >= 11 is 1.42. The fourth-order valence-corrected chi connectivity index (χ4v) is 3.13. The van der Waals surface area contributed by atoms with Crippen molar-refractivity contribution in [2.75, 3.05) is 12.8 Å². The molecule has 0 saturated carbocycles. The van der Waals surface area contributed by atoms with Gasteiger partial charge in [-0.1, -0.05) is 17.8 Å². The predicted molar refractivity (Wildman–Crippen MR) is 75.5 cm³/mol. The number of hydrogen-bond acceptors (Lipinski definition) is 5. The SMILES string of the molecule is CNS(=O)(=O)c1ccc(Sc2ccccn2)cc1N. The Hall–Kier alpha value is -1.57. The Morgan fingerprint density at radius 3 is 2.63 bits per heavy atom. The highest BCUT2D eigenvalue weighted by atomic mass is 32.2. The van der Waals surface area contributed by atoms with Gasteiger partial charge in [0.25, 0.3) is 0 Å². The van der Waals surface area contributed by atoms with Gasteiger partial charge in [-0.25, -0.2) is 18.1 Å². The van der Waals surface area contributed by atoms with E-state index in [1.807, 2.05) is 18.2 Å². The third-order valence-electron chi connectivity index (χ3n) is 2.40. The Morgan fingerprint density at radius 1 is 1.26 bits per heavy atom. The minimum atomic E-state index is -3.52. The van der Waals surface area contributed by atoms with Crippen LogP contribution in [0.4, 0.5) is 5.69 Å². The molecule has 19 heavy (non-hydrogen) atoms. The number of pyridine rings is 1. The lowest BCUT2D eigenvalue weighted by molar-refractivity contribution is 0.588. The van der Waals surface area contributed by atoms with E-state index >= 15 is 0 Å². The van der Waals surface area contributed by atoms with Gasteiger partial charge in [-0.3, -0.25) is 0 Å². The molecule has 1 aromatic carbocycles. The van der Waals surface area contributed by atoms with Gasteiger partial charge in [0, 0.05) is 11.1 Å². The maximum Gasteiger partial charge on any atom is 0.242 e. The lowest BCUT2D eigenvalue weighted by atomic mass is 10.3. The summed E-state index contributed by atoms with van der Waals surface area (Å²) in [5.74, 6) is 0. The number of nitrogens with zero attached hydrogens (tertiary/aromatic N) is 1. The highest BCUT2D eigenvalue weighted by molar-refractivity contribution is 7.99. The van der Waals surface area contributed by atoms with Crippen molar-refractivity contribution in [3.05, 3.63) is 42.6 Å². The maximum atomic E-state index is 11.7. The summed E-state index contributed by atoms with van der Waals surface area (Å²) in [5, 5.41) is 0.825. The van der Waals surface area contributed by atoms with Gasteiger partial charge in [0.15, 0.2) is 0 Å². The van der Waals surface area contributed by atoms with Crippen molar-refractivity contribution in [3.63, 3.8) is 0 Å². The number of rotatable bonds is 4. The summed E-state index contributed by atoms with van der Waals surface area (Å²) in [4.78, 5) is 5.11. The van der Waals surface area contributed by atoms with Crippen LogP contribution in [0.15, 0.2) is 57.4 Å². The van der Waals surface area contributed by atoms with Crippen LogP contribution in [-0.2, 0) is 10.0 Å². The second-order valence-corrected chi connectivity index (χ2v) is 6.63. The molecule has 0 aliphatic carbocycles. The van der Waals surface area contributed by atoms with Crippen LogP contribution in [0.2, 0.25) is 0 Å². The molecule has 0 unspecified atom stereocenters. The third kappa shape index (κ3) is 3.25. The fraction of sp³-hybridized carbons (Fsp3) is 0.0833. The highest BCUT2D eigenvalue weighted by Crippen LogP contribution is 2.29. The molecule has 0 aliphatic rings. The second-order valence-electron chi connectivity index (χ2n) is 3.68. The maximum absolute atomic E-state index is 11.7. The summed E-state index contributed by atoms with van der Waals surface area (Å²) in [5.41, 5.74) is 6.00. The van der Waals surface area contributed by atoms with E-state index in [9.17, 15) is 8.42 Å². The van der Waals surface area contributed by atoms with Crippen molar-refractivity contribution >= 4 is 27.5 Å². The van der Waals surface area contributed by atoms with Crippen molar-refractivity contribution < 1.29 is 8.42 Å². The van der Waals surface area contributed by atoms with E-state index in [1.165, 1.54) is 24.9 Å². The molecule has 0 saturated heterocycles. The number of sulfonamides is 1. The minimum absolute atomic E-state index is 0.0837. The molecule has 0 atom stereocenters. The molecule has 1 aromatic heterocycles. The summed E-state index contributed by atoms with van der Waals surface area (Å²) < 4.78 is 25.6. The quantitative estimate of drug-likeness (QED) is 0.839. The first kappa shape index (κ1) is 13.9. The lowest BCUT2D eigenvalue weighted by Crippen LogP contribution is -2.19. The number of anilines is 1. The molecule has 0 aliphatic heterocycles. The van der Waals surface area contributed by atoms with E-state index in [0.29, 0.717) is 0 Å². The van der Waals surface area contributed by atoms with E-state index in [-0.39, 0.29) is 10.6 Å². The van der Waals surface area contributed by atoms with Crippen LogP contribution < -0.4 is 10.5 Å². The zero-order valence-corrected chi connectivity index (χ0v) is 11.8. The lowest BCUT2D eigenvalue weighted by Gasteiger charge is -2.08. The van der Waals surface area contributed by atoms with Crippen molar-refractivity contribution in [1.29, 1.82) is 0 Å². The van der Waals surface area contributed by atoms with Crippen LogP contribution in [0.3, 0.4) is 0 Å². The average molecular weight is 295 g/mol. The van der Waals surface area contributed by atoms with Crippen molar-refractivity contribution in [2.24, 2.45) is 0 Å². The molecule has 1 heterocycles. The van der Waals surface area contributed by atoms with Crippen LogP contribution in [-0.4, -0.2) is 20.4 Å². The standard InChI is InChI=1S/C12H13N3O2S2/c1-14-19(16,17)11-6-5-9(8-10(11)13)18-12-4-2-3-7-15-12/h2-8,14H,13H2,1H3. The van der Waals surface area contributed by atoms with E-state index in [0.717, 1.165) is 9.92 Å². The van der Waals surface area contributed by atoms with Gasteiger partial charge >= 0.3 is 0 Å². The van der Waals surface area contributed by atoms with Crippen LogP contribution in [0.25, 0.3) is 0 Å². The van der Waals surface area contributed by atoms with Crippen LogP contribution in [0.5, 0.6) is 0 Å². The summed E-state index contributed by atoms with van der Waals surface area (Å²) in [6.45, 7) is 0. The topological polar surface area (TPSA) is 85.1 Å². The number of nitrogens with two attached hydrogens (primary N) is 1. The summed E-state index contributed by atoms with van der Waals surface area (Å²) in [7, 11) is -2.17. The molecular weight excluding hydrogens is 282 g/mol. The van der Waals surface area contributed by atoms with Crippen molar-refractivity contribution in [3.8, 4) is 0 Å². The zero-order chi connectivity index (χ0) is 13.9. The number of aromatic nitrogens is 1. The molecular formula is C12H13N3O2S2. The molecule has 3 N–H and O–H groups in total. The average Bonchev–Trinajstić information content (AvgIpc) is 2.39. The van der Waals surface area contributed by atoms with Gasteiger partial charge in [-0.15, -0.1) is 0 Å². The number of hydrogen-bond donors (Lipinski definition) is 2. The molecule has 7 heteroatoms. The number of nitrogen functional groups attached to an aromatic ring is 1. The van der Waals surface area contributed by atoms with Gasteiger partial charge in [0.1, 0.15) is 9.92 Å². The van der Waals surface area contributed by atoms with Gasteiger partial charge in [-0.2, -0.15) is 0 Å². The monoisotopic (exact) mass is 295 g/mol. The van der Waals surface area contributed by atoms with Crippen molar-refractivity contribution in [1.82, 2.24) is 9.71 Å². The van der Waals surface area contributed by atoms with E-state index in [4.69, 9.17) is 5.73 Å². The molecule has 100 valence electrons. The van der Waals surface area contributed by atoms with Gasteiger partial charge in [0.05, 0.1) is 5.69 Å². The molecule has 2 aromatic rings. The molecule has 0 spiro atoms. The Balaban J connectivity index is 2.30. The molecule has 2 rings (SSSR count). The van der Waals surface area contributed by atoms with Gasteiger partial charge in [-0.05, 0) is 37.4 Å². The predicted octanol–water partition coefficient (Wildman–Crippen LogP) is 1.72. The Kier molecular flexibility index (Phi) is 4.08. The second kappa shape index (κ2) is 5.60. The third-order valence-corrected chi connectivity index (χ3v) is 4.83. The van der Waals surface area contributed by atoms with Crippen LogP contribution in [0.1, 0.15) is 0 Å². The molecule has 0 fully saturated rings. The highest BCUT2D eigenvalue weighted by Gasteiger charge is 2.15. The van der Waals surface area contributed by atoms with Gasteiger partial charge < -0.3 is 5.73 Å². The first-order valence-electron chi connectivity index (χ1n) is 5.45. The van der Waals surface area contributed by atoms with Gasteiger partial charge in [0.2, 0.25) is 10.0 Å². The number of nitrogens with one attached hydrogen (secondary N) is 1. The van der Waals surface area contributed by atoms with E-state index in [1.54, 1.807) is 18.3 Å². The number of benzene rings is 1. The molecule has 0 bridgehead atoms. The smallest absolute Gasteiger partial charge is 0.242 e. The first-order chi connectivity index (χ1) is 9.03. The Morgan fingerprint density at radius 2 is 2.05 bits per heavy atom. The Labute approximate surface area is 116 Å². The van der Waals surface area contributed by atoms with Crippen LogP contribution in [0, 0.1) is 0 Å². The normalized spacial score (nSPS) is 11.4. The van der Waals surface area contributed by atoms with E-state index in [2.05, 4.69) is 9.71 Å². The largest absolute Gasteiger partial charge is 0.398 e. The molecule has 0 amide bonds. The van der Waals surface area contributed by atoms with E-state index < -0.39 is 10.0 Å². The first-order valence-corrected chi connectivity index (χ1v) is 7.75. The molecule has 0 radical (unpaired) electrons. The fourth-order valence-electron chi connectivity index (χ4n) is 1.47. The Bertz CT molecular complexity index is 673. The summed E-state index contributed by atoms with van der Waals surface area (Å²) in [6.07, 6.45) is 1.70.